The van der Waals surface area contributed by atoms with Crippen molar-refractivity contribution in [1.82, 2.24) is 5.32 Å². The first-order valence-electron chi connectivity index (χ1n) is 8.58. The van der Waals surface area contributed by atoms with Gasteiger partial charge < -0.3 is 16.4 Å². The molecule has 0 heterocycles. The van der Waals surface area contributed by atoms with Gasteiger partial charge in [0.2, 0.25) is 5.91 Å². The van der Waals surface area contributed by atoms with Crippen molar-refractivity contribution >= 4 is 41.5 Å². The number of benzene rings is 1. The summed E-state index contributed by atoms with van der Waals surface area (Å²) in [5.41, 5.74) is 7.69. The van der Waals surface area contributed by atoms with Crippen LogP contribution in [0.1, 0.15) is 57.9 Å². The molecule has 0 aliphatic carbocycles. The van der Waals surface area contributed by atoms with Crippen molar-refractivity contribution in [3.63, 3.8) is 0 Å². The normalized spacial score (nSPS) is 10.8. The maximum atomic E-state index is 11.6. The molecule has 1 aromatic carbocycles. The molecule has 0 saturated heterocycles. The van der Waals surface area contributed by atoms with Crippen LogP contribution in [-0.4, -0.2) is 18.4 Å². The highest BCUT2D eigenvalue weighted by molar-refractivity contribution is 14.0. The number of aliphatic imine (C=N–C) groups is 1. The highest BCUT2D eigenvalue weighted by Gasteiger charge is 2.01. The number of carbonyl (C=O) groups is 1. The summed E-state index contributed by atoms with van der Waals surface area (Å²) in [6, 6.07) is 7.72. The Labute approximate surface area is 162 Å². The van der Waals surface area contributed by atoms with Gasteiger partial charge in [0.05, 0.1) is 6.54 Å². The summed E-state index contributed by atoms with van der Waals surface area (Å²) in [5.74, 6) is 0.517. The van der Waals surface area contributed by atoms with Gasteiger partial charge in [-0.3, -0.25) is 4.79 Å². The van der Waals surface area contributed by atoms with Crippen molar-refractivity contribution in [1.29, 1.82) is 0 Å². The van der Waals surface area contributed by atoms with Crippen molar-refractivity contribution in [2.75, 3.05) is 11.9 Å². The Kier molecular flexibility index (Phi) is 13.3. The van der Waals surface area contributed by atoms with Gasteiger partial charge in [0.1, 0.15) is 0 Å². The number of nitrogens with one attached hydrogen (secondary N) is 2. The maximum absolute atomic E-state index is 11.6. The van der Waals surface area contributed by atoms with Gasteiger partial charge in [-0.2, -0.15) is 0 Å². The van der Waals surface area contributed by atoms with Crippen molar-refractivity contribution in [3.8, 4) is 0 Å². The van der Waals surface area contributed by atoms with E-state index in [1.165, 1.54) is 19.3 Å². The molecule has 0 unspecified atom stereocenters. The lowest BCUT2D eigenvalue weighted by atomic mass is 10.2. The molecule has 4 N–H and O–H groups in total. The fourth-order valence-corrected chi connectivity index (χ4v) is 2.20. The first-order chi connectivity index (χ1) is 11.2. The predicted octanol–water partition coefficient (Wildman–Crippen LogP) is 4.03. The molecule has 0 radical (unpaired) electrons. The molecule has 0 atom stereocenters. The Morgan fingerprint density at radius 2 is 1.96 bits per heavy atom. The van der Waals surface area contributed by atoms with Crippen molar-refractivity contribution in [3.05, 3.63) is 29.8 Å². The lowest BCUT2D eigenvalue weighted by Crippen LogP contribution is -2.32. The highest BCUT2D eigenvalue weighted by atomic mass is 127. The van der Waals surface area contributed by atoms with Gasteiger partial charge in [0.25, 0.3) is 0 Å². The molecule has 0 aliphatic heterocycles. The van der Waals surface area contributed by atoms with Crippen LogP contribution in [0.25, 0.3) is 0 Å². The average Bonchev–Trinajstić information content (AvgIpc) is 2.53. The van der Waals surface area contributed by atoms with E-state index in [2.05, 4.69) is 22.5 Å². The highest BCUT2D eigenvalue weighted by Crippen LogP contribution is 2.12. The third-order valence-corrected chi connectivity index (χ3v) is 3.46. The first kappa shape index (κ1) is 22.7. The molecular formula is C18H31IN4O. The number of unbranched alkanes of at least 4 members (excludes halogenated alkanes) is 3. The largest absolute Gasteiger partial charge is 0.370 e. The summed E-state index contributed by atoms with van der Waals surface area (Å²) in [6.45, 7) is 5.55. The van der Waals surface area contributed by atoms with E-state index in [0.717, 1.165) is 30.6 Å². The van der Waals surface area contributed by atoms with Crippen LogP contribution >= 0.6 is 24.0 Å². The number of amides is 1. The number of hydrogen-bond donors (Lipinski definition) is 3. The number of nitrogens with two attached hydrogens (primary N) is 1. The van der Waals surface area contributed by atoms with E-state index in [9.17, 15) is 4.79 Å². The van der Waals surface area contributed by atoms with E-state index in [0.29, 0.717) is 18.9 Å². The van der Waals surface area contributed by atoms with Crippen molar-refractivity contribution in [2.24, 2.45) is 10.7 Å². The molecule has 0 saturated carbocycles. The fraction of sp³-hybridized carbons (Fsp3) is 0.556. The molecule has 1 rings (SSSR count). The van der Waals surface area contributed by atoms with Crippen molar-refractivity contribution < 1.29 is 4.79 Å². The van der Waals surface area contributed by atoms with Crippen LogP contribution in [0.5, 0.6) is 0 Å². The van der Waals surface area contributed by atoms with Gasteiger partial charge in [0, 0.05) is 18.7 Å². The van der Waals surface area contributed by atoms with Gasteiger partial charge in [-0.15, -0.1) is 24.0 Å². The number of rotatable bonds is 10. The second kappa shape index (κ2) is 14.1. The van der Waals surface area contributed by atoms with E-state index >= 15 is 0 Å². The van der Waals surface area contributed by atoms with Gasteiger partial charge in [-0.05, 0) is 30.5 Å². The second-order valence-corrected chi connectivity index (χ2v) is 5.69. The van der Waals surface area contributed by atoms with E-state index < -0.39 is 0 Å². The summed E-state index contributed by atoms with van der Waals surface area (Å²) in [5, 5.41) is 6.02. The maximum Gasteiger partial charge on any atom is 0.224 e. The zero-order chi connectivity index (χ0) is 16.9. The molecule has 136 valence electrons. The van der Waals surface area contributed by atoms with E-state index in [1.54, 1.807) is 0 Å². The van der Waals surface area contributed by atoms with Gasteiger partial charge in [-0.25, -0.2) is 4.99 Å². The predicted molar refractivity (Wildman–Crippen MR) is 113 cm³/mol. The standard InChI is InChI=1S/C18H30N4O.HI/c1-3-5-6-7-12-20-18(19)21-14-15-10-8-11-16(13-15)22-17(23)9-4-2;/h8,10-11,13H,3-7,9,12,14H2,1-2H3,(H,22,23)(H3,19,20,21);1H. The van der Waals surface area contributed by atoms with Gasteiger partial charge >= 0.3 is 0 Å². The molecule has 0 fully saturated rings. The second-order valence-electron chi connectivity index (χ2n) is 5.69. The van der Waals surface area contributed by atoms with E-state index in [4.69, 9.17) is 5.73 Å². The minimum absolute atomic E-state index is 0. The number of guanidine groups is 1. The quantitative estimate of drug-likeness (QED) is 0.220. The monoisotopic (exact) mass is 446 g/mol. The lowest BCUT2D eigenvalue weighted by Gasteiger charge is -2.07. The summed E-state index contributed by atoms with van der Waals surface area (Å²) < 4.78 is 0. The Hall–Kier alpha value is -1.31. The number of hydrogen-bond acceptors (Lipinski definition) is 2. The number of nitrogens with zero attached hydrogens (tertiary/aromatic N) is 1. The Morgan fingerprint density at radius 1 is 1.17 bits per heavy atom. The van der Waals surface area contributed by atoms with Gasteiger partial charge in [-0.1, -0.05) is 45.2 Å². The molecule has 0 aromatic heterocycles. The topological polar surface area (TPSA) is 79.5 Å². The van der Waals surface area contributed by atoms with Crippen LogP contribution in [0.2, 0.25) is 0 Å². The zero-order valence-corrected chi connectivity index (χ0v) is 17.1. The Bertz CT molecular complexity index is 506. The van der Waals surface area contributed by atoms with Crippen molar-refractivity contribution in [2.45, 2.75) is 58.9 Å². The molecule has 1 aromatic rings. The zero-order valence-electron chi connectivity index (χ0n) is 14.8. The lowest BCUT2D eigenvalue weighted by molar-refractivity contribution is -0.116. The van der Waals surface area contributed by atoms with Crippen LogP contribution < -0.4 is 16.4 Å². The Balaban J connectivity index is 0.00000529. The summed E-state index contributed by atoms with van der Waals surface area (Å²) in [4.78, 5) is 16.0. The fourth-order valence-electron chi connectivity index (χ4n) is 2.20. The Morgan fingerprint density at radius 3 is 2.67 bits per heavy atom. The number of anilines is 1. The minimum Gasteiger partial charge on any atom is -0.370 e. The molecule has 0 aliphatic rings. The smallest absolute Gasteiger partial charge is 0.224 e. The number of carbonyl (C=O) groups excluding carboxylic acids is 1. The molecule has 24 heavy (non-hydrogen) atoms. The first-order valence-corrected chi connectivity index (χ1v) is 8.58. The van der Waals surface area contributed by atoms with Crippen LogP contribution in [0.15, 0.2) is 29.3 Å². The van der Waals surface area contributed by atoms with E-state index in [1.807, 2.05) is 31.2 Å². The summed E-state index contributed by atoms with van der Waals surface area (Å²) >= 11 is 0. The summed E-state index contributed by atoms with van der Waals surface area (Å²) in [6.07, 6.45) is 6.21. The van der Waals surface area contributed by atoms with E-state index in [-0.39, 0.29) is 29.9 Å². The van der Waals surface area contributed by atoms with Crippen LogP contribution in [0.4, 0.5) is 5.69 Å². The summed E-state index contributed by atoms with van der Waals surface area (Å²) in [7, 11) is 0. The van der Waals surface area contributed by atoms with Crippen LogP contribution in [0.3, 0.4) is 0 Å². The van der Waals surface area contributed by atoms with Crippen LogP contribution in [0, 0.1) is 0 Å². The molecular weight excluding hydrogens is 415 g/mol. The minimum atomic E-state index is 0. The molecule has 5 nitrogen and oxygen atoms in total. The third-order valence-electron chi connectivity index (χ3n) is 3.46. The van der Waals surface area contributed by atoms with Crippen LogP contribution in [-0.2, 0) is 11.3 Å². The average molecular weight is 446 g/mol. The molecule has 0 bridgehead atoms. The molecule has 6 heteroatoms. The third kappa shape index (κ3) is 10.5. The molecule has 1 amide bonds. The SMILES string of the molecule is CCCCCCNC(N)=NCc1cccc(NC(=O)CCC)c1.I. The molecule has 0 spiro atoms. The number of halogens is 1. The van der Waals surface area contributed by atoms with Gasteiger partial charge in [0.15, 0.2) is 5.96 Å².